The summed E-state index contributed by atoms with van der Waals surface area (Å²) in [5.41, 5.74) is 0.380. The smallest absolute Gasteiger partial charge is 0.338 e. The van der Waals surface area contributed by atoms with E-state index in [-0.39, 0.29) is 6.61 Å². The number of hydrogen-bond acceptors (Lipinski definition) is 5. The standard InChI is InChI=1S/C14H16O5/c1-3-4-5-19-14(15)10-8-11(16-2)13-12(9-10)17-6-7-18-13/h3-4,8-9H,5-7H2,1-2H3/b4-3+. The Bertz CT molecular complexity index is 476. The summed E-state index contributed by atoms with van der Waals surface area (Å²) in [6.45, 7) is 3.02. The lowest BCUT2D eigenvalue weighted by Gasteiger charge is -2.21. The molecule has 0 saturated carbocycles. The van der Waals surface area contributed by atoms with Crippen molar-refractivity contribution in [2.45, 2.75) is 6.92 Å². The van der Waals surface area contributed by atoms with Gasteiger partial charge in [-0.3, -0.25) is 0 Å². The first-order chi connectivity index (χ1) is 9.26. The average Bonchev–Trinajstić information content (AvgIpc) is 2.46. The van der Waals surface area contributed by atoms with Gasteiger partial charge in [-0.2, -0.15) is 0 Å². The SMILES string of the molecule is C/C=C/COC(=O)c1cc(OC)c2c(c1)OCCO2. The number of hydrogen-bond donors (Lipinski definition) is 0. The third-order valence-corrected chi connectivity index (χ3v) is 2.61. The topological polar surface area (TPSA) is 54.0 Å². The molecule has 0 aromatic heterocycles. The van der Waals surface area contributed by atoms with Crippen molar-refractivity contribution >= 4 is 5.97 Å². The van der Waals surface area contributed by atoms with Gasteiger partial charge in [0.15, 0.2) is 11.5 Å². The van der Waals surface area contributed by atoms with Crippen molar-refractivity contribution < 1.29 is 23.7 Å². The molecule has 0 amide bonds. The fourth-order valence-corrected chi connectivity index (χ4v) is 1.69. The minimum Gasteiger partial charge on any atom is -0.493 e. The van der Waals surface area contributed by atoms with Gasteiger partial charge in [0.25, 0.3) is 0 Å². The molecule has 0 radical (unpaired) electrons. The molecule has 2 rings (SSSR count). The van der Waals surface area contributed by atoms with Gasteiger partial charge in [-0.1, -0.05) is 12.2 Å². The molecule has 0 bridgehead atoms. The predicted octanol–water partition coefficient (Wildman–Crippen LogP) is 2.20. The first kappa shape index (κ1) is 13.3. The van der Waals surface area contributed by atoms with E-state index in [4.69, 9.17) is 18.9 Å². The third kappa shape index (κ3) is 2.99. The summed E-state index contributed by atoms with van der Waals surface area (Å²) in [6.07, 6.45) is 3.57. The zero-order chi connectivity index (χ0) is 13.7. The van der Waals surface area contributed by atoms with Crippen molar-refractivity contribution in [3.8, 4) is 17.2 Å². The molecule has 1 aliphatic heterocycles. The van der Waals surface area contributed by atoms with Crippen LogP contribution in [0.25, 0.3) is 0 Å². The van der Waals surface area contributed by atoms with Crippen LogP contribution in [-0.2, 0) is 4.74 Å². The van der Waals surface area contributed by atoms with Crippen LogP contribution in [0.5, 0.6) is 17.2 Å². The molecule has 19 heavy (non-hydrogen) atoms. The van der Waals surface area contributed by atoms with E-state index in [0.29, 0.717) is 36.0 Å². The lowest BCUT2D eigenvalue weighted by Crippen LogP contribution is -2.17. The number of allylic oxidation sites excluding steroid dienone is 1. The van der Waals surface area contributed by atoms with Crippen molar-refractivity contribution in [1.29, 1.82) is 0 Å². The molecule has 0 aliphatic carbocycles. The minimum atomic E-state index is -0.423. The van der Waals surface area contributed by atoms with Crippen LogP contribution in [0.2, 0.25) is 0 Å². The van der Waals surface area contributed by atoms with Gasteiger partial charge in [-0.05, 0) is 19.1 Å². The molecule has 0 saturated heterocycles. The van der Waals surface area contributed by atoms with Gasteiger partial charge >= 0.3 is 5.97 Å². The van der Waals surface area contributed by atoms with Crippen molar-refractivity contribution in [2.24, 2.45) is 0 Å². The van der Waals surface area contributed by atoms with E-state index >= 15 is 0 Å². The number of ether oxygens (including phenoxy) is 4. The van der Waals surface area contributed by atoms with E-state index in [1.807, 2.05) is 13.0 Å². The number of fused-ring (bicyclic) bond motifs is 1. The molecule has 5 heteroatoms. The van der Waals surface area contributed by atoms with Gasteiger partial charge in [0.2, 0.25) is 5.75 Å². The fraction of sp³-hybridized carbons (Fsp3) is 0.357. The molecule has 1 aromatic carbocycles. The van der Waals surface area contributed by atoms with E-state index in [0.717, 1.165) is 0 Å². The van der Waals surface area contributed by atoms with Crippen LogP contribution in [-0.4, -0.2) is 32.9 Å². The summed E-state index contributed by atoms with van der Waals surface area (Å²) in [5, 5.41) is 0. The monoisotopic (exact) mass is 264 g/mol. The number of methoxy groups -OCH3 is 1. The largest absolute Gasteiger partial charge is 0.493 e. The Morgan fingerprint density at radius 1 is 1.37 bits per heavy atom. The first-order valence-corrected chi connectivity index (χ1v) is 6.02. The normalized spacial score (nSPS) is 13.4. The zero-order valence-corrected chi connectivity index (χ0v) is 11.0. The van der Waals surface area contributed by atoms with Gasteiger partial charge in [-0.15, -0.1) is 0 Å². The molecule has 5 nitrogen and oxygen atoms in total. The molecule has 1 aromatic rings. The van der Waals surface area contributed by atoms with E-state index in [2.05, 4.69) is 0 Å². The van der Waals surface area contributed by atoms with Crippen LogP contribution in [0.3, 0.4) is 0 Å². The van der Waals surface area contributed by atoms with Crippen LogP contribution in [0.15, 0.2) is 24.3 Å². The fourth-order valence-electron chi connectivity index (χ4n) is 1.69. The van der Waals surface area contributed by atoms with E-state index in [1.165, 1.54) is 7.11 Å². The van der Waals surface area contributed by atoms with Gasteiger partial charge < -0.3 is 18.9 Å². The Morgan fingerprint density at radius 3 is 2.89 bits per heavy atom. The molecule has 1 heterocycles. The summed E-state index contributed by atoms with van der Waals surface area (Å²) >= 11 is 0. The maximum atomic E-state index is 11.9. The van der Waals surface area contributed by atoms with Crippen LogP contribution in [0.4, 0.5) is 0 Å². The van der Waals surface area contributed by atoms with Crippen molar-refractivity contribution in [3.05, 3.63) is 29.8 Å². The van der Waals surface area contributed by atoms with Crippen LogP contribution in [0, 0.1) is 0 Å². The maximum Gasteiger partial charge on any atom is 0.338 e. The quantitative estimate of drug-likeness (QED) is 0.616. The number of esters is 1. The number of carbonyl (C=O) groups excluding carboxylic acids is 1. The molecule has 0 spiro atoms. The van der Waals surface area contributed by atoms with Gasteiger partial charge in [-0.25, -0.2) is 4.79 Å². The molecule has 0 N–H and O–H groups in total. The van der Waals surface area contributed by atoms with Crippen LogP contribution < -0.4 is 14.2 Å². The van der Waals surface area contributed by atoms with E-state index < -0.39 is 5.97 Å². The van der Waals surface area contributed by atoms with Crippen LogP contribution >= 0.6 is 0 Å². The first-order valence-electron chi connectivity index (χ1n) is 6.02. The van der Waals surface area contributed by atoms with Crippen molar-refractivity contribution in [1.82, 2.24) is 0 Å². The predicted molar refractivity (Wildman–Crippen MR) is 69.1 cm³/mol. The van der Waals surface area contributed by atoms with Crippen LogP contribution in [0.1, 0.15) is 17.3 Å². The average molecular weight is 264 g/mol. The Kier molecular flexibility index (Phi) is 4.28. The second-order valence-electron chi connectivity index (χ2n) is 3.87. The summed E-state index contributed by atoms with van der Waals surface area (Å²) < 4.78 is 21.2. The summed E-state index contributed by atoms with van der Waals surface area (Å²) in [5.74, 6) is 1.07. The molecule has 0 unspecified atom stereocenters. The Balaban J connectivity index is 2.23. The number of benzene rings is 1. The summed E-state index contributed by atoms with van der Waals surface area (Å²) in [7, 11) is 1.52. The summed E-state index contributed by atoms with van der Waals surface area (Å²) in [6, 6.07) is 3.19. The minimum absolute atomic E-state index is 0.242. The van der Waals surface area contributed by atoms with E-state index in [9.17, 15) is 4.79 Å². The maximum absolute atomic E-state index is 11.9. The van der Waals surface area contributed by atoms with Crippen molar-refractivity contribution in [2.75, 3.05) is 26.9 Å². The van der Waals surface area contributed by atoms with Gasteiger partial charge in [0, 0.05) is 0 Å². The van der Waals surface area contributed by atoms with Crippen molar-refractivity contribution in [3.63, 3.8) is 0 Å². The molecular weight excluding hydrogens is 248 g/mol. The number of rotatable bonds is 4. The molecule has 1 aliphatic rings. The Labute approximate surface area is 111 Å². The molecule has 0 fully saturated rings. The highest BCUT2D eigenvalue weighted by atomic mass is 16.6. The Morgan fingerprint density at radius 2 is 2.16 bits per heavy atom. The Hall–Kier alpha value is -2.17. The van der Waals surface area contributed by atoms with Gasteiger partial charge in [0.1, 0.15) is 19.8 Å². The molecule has 0 atom stereocenters. The third-order valence-electron chi connectivity index (χ3n) is 2.61. The lowest BCUT2D eigenvalue weighted by atomic mass is 10.1. The lowest BCUT2D eigenvalue weighted by molar-refractivity contribution is 0.0547. The highest BCUT2D eigenvalue weighted by Gasteiger charge is 2.21. The van der Waals surface area contributed by atoms with E-state index in [1.54, 1.807) is 18.2 Å². The second-order valence-corrected chi connectivity index (χ2v) is 3.87. The number of carbonyl (C=O) groups is 1. The van der Waals surface area contributed by atoms with Gasteiger partial charge in [0.05, 0.1) is 12.7 Å². The second kappa shape index (κ2) is 6.13. The molecular formula is C14H16O5. The highest BCUT2D eigenvalue weighted by Crippen LogP contribution is 2.40. The highest BCUT2D eigenvalue weighted by molar-refractivity contribution is 5.91. The molecule has 102 valence electrons. The zero-order valence-electron chi connectivity index (χ0n) is 11.0. The summed E-state index contributed by atoms with van der Waals surface area (Å²) in [4.78, 5) is 11.9.